The van der Waals surface area contributed by atoms with Crippen LogP contribution in [-0.4, -0.2) is 42.0 Å². The van der Waals surface area contributed by atoms with Crippen molar-refractivity contribution in [1.82, 2.24) is 4.98 Å². The fraction of sp³-hybridized carbons (Fsp3) is 0.111. The van der Waals surface area contributed by atoms with Gasteiger partial charge >= 0.3 is 11.9 Å². The summed E-state index contributed by atoms with van der Waals surface area (Å²) in [5.74, 6) is -2.11. The molecule has 1 aliphatic rings. The first kappa shape index (κ1) is 24.5. The second-order valence-corrected chi connectivity index (χ2v) is 9.57. The van der Waals surface area contributed by atoms with E-state index in [9.17, 15) is 19.5 Å². The van der Waals surface area contributed by atoms with E-state index in [1.807, 2.05) is 0 Å². The molecule has 0 radical (unpaired) electrons. The third-order valence-electron chi connectivity index (χ3n) is 5.98. The van der Waals surface area contributed by atoms with Crippen LogP contribution >= 0.6 is 22.9 Å². The Balaban J connectivity index is 1.71. The van der Waals surface area contributed by atoms with Gasteiger partial charge in [0.05, 0.1) is 41.6 Å². The van der Waals surface area contributed by atoms with Crippen LogP contribution in [0.2, 0.25) is 5.02 Å². The molecule has 1 fully saturated rings. The standard InChI is InChI=1S/C27H19ClN2O6S/c1-35-18-5-3-4-16(12-18)23(31)21-22(14-6-8-15(9-7-14)26(34)36-2)30(25(33)24(21)32)27-29-19-11-10-17(28)13-20(19)37-27/h3-13,22,31H,1-2H3/b23-21+. The Morgan fingerprint density at radius 3 is 2.49 bits per heavy atom. The summed E-state index contributed by atoms with van der Waals surface area (Å²) in [6.45, 7) is 0. The van der Waals surface area contributed by atoms with E-state index in [1.54, 1.807) is 54.6 Å². The van der Waals surface area contributed by atoms with Gasteiger partial charge < -0.3 is 14.6 Å². The highest BCUT2D eigenvalue weighted by molar-refractivity contribution is 7.22. The number of fused-ring (bicyclic) bond motifs is 1. The molecule has 0 spiro atoms. The zero-order valence-electron chi connectivity index (χ0n) is 19.6. The summed E-state index contributed by atoms with van der Waals surface area (Å²) in [6.07, 6.45) is 0. The average molecular weight is 535 g/mol. The summed E-state index contributed by atoms with van der Waals surface area (Å²) in [7, 11) is 2.76. The maximum atomic E-state index is 13.4. The number of amides is 1. The molecule has 8 nitrogen and oxygen atoms in total. The number of ether oxygens (including phenoxy) is 2. The van der Waals surface area contributed by atoms with E-state index in [-0.39, 0.29) is 16.5 Å². The first-order valence-corrected chi connectivity index (χ1v) is 12.2. The van der Waals surface area contributed by atoms with Gasteiger partial charge in [-0.2, -0.15) is 0 Å². The molecular formula is C27H19ClN2O6S. The Hall–Kier alpha value is -4.21. The van der Waals surface area contributed by atoms with Crippen molar-refractivity contribution in [2.75, 3.05) is 19.1 Å². The fourth-order valence-electron chi connectivity index (χ4n) is 4.18. The SMILES string of the molecule is COC(=O)c1ccc(C2/C(=C(\O)c3cccc(OC)c3)C(=O)C(=O)N2c2nc3ccc(Cl)cc3s2)cc1. The normalized spacial score (nSPS) is 16.8. The number of esters is 1. The van der Waals surface area contributed by atoms with Gasteiger partial charge in [0.25, 0.3) is 5.78 Å². The number of ketones is 1. The van der Waals surface area contributed by atoms with Crippen LogP contribution in [-0.2, 0) is 14.3 Å². The lowest BCUT2D eigenvalue weighted by atomic mass is 9.94. The van der Waals surface area contributed by atoms with Gasteiger partial charge in [-0.3, -0.25) is 14.5 Å². The zero-order chi connectivity index (χ0) is 26.3. The number of halogens is 1. The van der Waals surface area contributed by atoms with Crippen molar-refractivity contribution < 1.29 is 29.0 Å². The van der Waals surface area contributed by atoms with E-state index in [0.717, 1.165) is 4.70 Å². The number of aliphatic hydroxyl groups is 1. The molecule has 1 atom stereocenters. The number of carbonyl (C=O) groups excluding carboxylic acids is 3. The summed E-state index contributed by atoms with van der Waals surface area (Å²) in [4.78, 5) is 44.6. The van der Waals surface area contributed by atoms with Gasteiger partial charge in [0, 0.05) is 10.6 Å². The molecule has 5 rings (SSSR count). The molecule has 0 bridgehead atoms. The maximum Gasteiger partial charge on any atom is 0.337 e. The van der Waals surface area contributed by atoms with E-state index in [0.29, 0.717) is 33.0 Å². The highest BCUT2D eigenvalue weighted by Crippen LogP contribution is 2.44. The van der Waals surface area contributed by atoms with Crippen LogP contribution in [0.25, 0.3) is 16.0 Å². The van der Waals surface area contributed by atoms with Gasteiger partial charge in [-0.1, -0.05) is 47.2 Å². The van der Waals surface area contributed by atoms with Crippen LogP contribution < -0.4 is 9.64 Å². The van der Waals surface area contributed by atoms with E-state index in [1.165, 1.54) is 42.6 Å². The van der Waals surface area contributed by atoms with Crippen LogP contribution in [0, 0.1) is 0 Å². The number of thiazole rings is 1. The Morgan fingerprint density at radius 2 is 1.78 bits per heavy atom. The minimum atomic E-state index is -1.01. The molecule has 1 aliphatic heterocycles. The van der Waals surface area contributed by atoms with Crippen molar-refractivity contribution >= 4 is 61.7 Å². The van der Waals surface area contributed by atoms with Crippen molar-refractivity contribution in [2.45, 2.75) is 6.04 Å². The minimum Gasteiger partial charge on any atom is -0.507 e. The number of anilines is 1. The second kappa shape index (κ2) is 9.68. The third kappa shape index (κ3) is 4.32. The number of hydrogen-bond donors (Lipinski definition) is 1. The summed E-state index contributed by atoms with van der Waals surface area (Å²) < 4.78 is 10.8. The molecule has 1 saturated heterocycles. The summed E-state index contributed by atoms with van der Waals surface area (Å²) in [5, 5.41) is 12.1. The molecule has 1 unspecified atom stereocenters. The number of rotatable bonds is 5. The number of nitrogens with zero attached hydrogens (tertiary/aromatic N) is 2. The minimum absolute atomic E-state index is 0.110. The van der Waals surface area contributed by atoms with Crippen molar-refractivity contribution in [1.29, 1.82) is 0 Å². The molecular weight excluding hydrogens is 516 g/mol. The highest BCUT2D eigenvalue weighted by atomic mass is 35.5. The Labute approximate surface area is 220 Å². The van der Waals surface area contributed by atoms with Crippen LogP contribution in [0.5, 0.6) is 5.75 Å². The smallest absolute Gasteiger partial charge is 0.337 e. The van der Waals surface area contributed by atoms with Crippen molar-refractivity contribution in [3.05, 3.63) is 94.0 Å². The number of aromatic nitrogens is 1. The van der Waals surface area contributed by atoms with Crippen molar-refractivity contribution in [3.8, 4) is 5.75 Å². The molecule has 4 aromatic rings. The number of carbonyl (C=O) groups is 3. The highest BCUT2D eigenvalue weighted by Gasteiger charge is 2.48. The predicted octanol–water partition coefficient (Wildman–Crippen LogP) is 5.37. The van der Waals surface area contributed by atoms with Gasteiger partial charge in [0.2, 0.25) is 0 Å². The van der Waals surface area contributed by atoms with Crippen LogP contribution in [0.3, 0.4) is 0 Å². The van der Waals surface area contributed by atoms with Gasteiger partial charge in [-0.15, -0.1) is 0 Å². The largest absolute Gasteiger partial charge is 0.507 e. The molecule has 0 aliphatic carbocycles. The topological polar surface area (TPSA) is 106 Å². The monoisotopic (exact) mass is 534 g/mol. The Bertz CT molecular complexity index is 1590. The Morgan fingerprint density at radius 1 is 1.03 bits per heavy atom. The van der Waals surface area contributed by atoms with Crippen LogP contribution in [0.15, 0.2) is 72.3 Å². The first-order chi connectivity index (χ1) is 17.8. The number of hydrogen-bond acceptors (Lipinski definition) is 8. The molecule has 186 valence electrons. The molecule has 37 heavy (non-hydrogen) atoms. The van der Waals surface area contributed by atoms with Gasteiger partial charge in [0.1, 0.15) is 11.5 Å². The average Bonchev–Trinajstić information content (AvgIpc) is 3.45. The van der Waals surface area contributed by atoms with E-state index in [4.69, 9.17) is 21.1 Å². The molecule has 1 N–H and O–H groups in total. The van der Waals surface area contributed by atoms with Gasteiger partial charge in [-0.05, 0) is 48.0 Å². The molecule has 0 saturated carbocycles. The number of Topliss-reactive ketones (excluding diaryl/α,β-unsaturated/α-hetero) is 1. The van der Waals surface area contributed by atoms with Crippen LogP contribution in [0.4, 0.5) is 5.13 Å². The fourth-order valence-corrected chi connectivity index (χ4v) is 5.45. The molecule has 1 amide bonds. The van der Waals surface area contributed by atoms with E-state index < -0.39 is 23.7 Å². The van der Waals surface area contributed by atoms with Gasteiger partial charge in [-0.25, -0.2) is 9.78 Å². The predicted molar refractivity (Wildman–Crippen MR) is 140 cm³/mol. The Kier molecular flexibility index (Phi) is 6.41. The van der Waals surface area contributed by atoms with E-state index >= 15 is 0 Å². The van der Waals surface area contributed by atoms with E-state index in [2.05, 4.69) is 4.98 Å². The summed E-state index contributed by atoms with van der Waals surface area (Å²) in [5.41, 5.74) is 1.60. The number of benzene rings is 3. The summed E-state index contributed by atoms with van der Waals surface area (Å²) >= 11 is 7.33. The lowest BCUT2D eigenvalue weighted by molar-refractivity contribution is -0.132. The molecule has 3 aromatic carbocycles. The molecule has 10 heteroatoms. The second-order valence-electron chi connectivity index (χ2n) is 8.12. The lowest BCUT2D eigenvalue weighted by Gasteiger charge is -2.23. The number of methoxy groups -OCH3 is 2. The first-order valence-electron chi connectivity index (χ1n) is 11.0. The lowest BCUT2D eigenvalue weighted by Crippen LogP contribution is -2.29. The molecule has 2 heterocycles. The maximum absolute atomic E-state index is 13.4. The van der Waals surface area contributed by atoms with Gasteiger partial charge in [0.15, 0.2) is 5.13 Å². The van der Waals surface area contributed by atoms with Crippen molar-refractivity contribution in [2.24, 2.45) is 0 Å². The quantitative estimate of drug-likeness (QED) is 0.159. The van der Waals surface area contributed by atoms with Crippen molar-refractivity contribution in [3.63, 3.8) is 0 Å². The van der Waals surface area contributed by atoms with Crippen LogP contribution in [0.1, 0.15) is 27.5 Å². The zero-order valence-corrected chi connectivity index (χ0v) is 21.2. The molecule has 1 aromatic heterocycles. The summed E-state index contributed by atoms with van der Waals surface area (Å²) in [6, 6.07) is 17.0. The third-order valence-corrected chi connectivity index (χ3v) is 7.23. The number of aliphatic hydroxyl groups excluding tert-OH is 1.